The van der Waals surface area contributed by atoms with Gasteiger partial charge in [0.15, 0.2) is 0 Å². The fraction of sp³-hybridized carbons (Fsp3) is 0.200. The van der Waals surface area contributed by atoms with E-state index < -0.39 is 0 Å². The van der Waals surface area contributed by atoms with Gasteiger partial charge in [0, 0.05) is 23.7 Å². The van der Waals surface area contributed by atoms with Gasteiger partial charge >= 0.3 is 0 Å². The van der Waals surface area contributed by atoms with Crippen LogP contribution in [-0.4, -0.2) is 29.0 Å². The van der Waals surface area contributed by atoms with Crippen molar-refractivity contribution in [2.45, 2.75) is 18.3 Å². The minimum atomic E-state index is -0.0874. The molecule has 31 heavy (non-hydrogen) atoms. The summed E-state index contributed by atoms with van der Waals surface area (Å²) >= 11 is 7.58. The highest BCUT2D eigenvalue weighted by molar-refractivity contribution is 8.00. The first-order valence-corrected chi connectivity index (χ1v) is 11.6. The van der Waals surface area contributed by atoms with E-state index in [0.29, 0.717) is 29.4 Å². The van der Waals surface area contributed by atoms with Crippen molar-refractivity contribution >= 4 is 35.2 Å². The summed E-state index contributed by atoms with van der Waals surface area (Å²) in [4.78, 5) is 26.8. The third kappa shape index (κ3) is 5.49. The third-order valence-electron chi connectivity index (χ3n) is 5.23. The van der Waals surface area contributed by atoms with Gasteiger partial charge in [-0.05, 0) is 47.4 Å². The van der Waals surface area contributed by atoms with E-state index in [-0.39, 0.29) is 17.2 Å². The van der Waals surface area contributed by atoms with Gasteiger partial charge in [-0.2, -0.15) is 0 Å². The molecule has 1 N–H and O–H groups in total. The molecule has 0 aromatic heterocycles. The van der Waals surface area contributed by atoms with E-state index in [1.54, 1.807) is 11.8 Å². The van der Waals surface area contributed by atoms with Gasteiger partial charge in [0.2, 0.25) is 5.91 Å². The second-order valence-electron chi connectivity index (χ2n) is 7.42. The quantitative estimate of drug-likeness (QED) is 0.545. The zero-order valence-electron chi connectivity index (χ0n) is 17.0. The van der Waals surface area contributed by atoms with Crippen LogP contribution in [0.15, 0.2) is 78.9 Å². The Morgan fingerprint density at radius 2 is 1.68 bits per heavy atom. The molecule has 1 aliphatic heterocycles. The maximum atomic E-state index is 12.5. The lowest BCUT2D eigenvalue weighted by atomic mass is 10.1. The highest BCUT2D eigenvalue weighted by Crippen LogP contribution is 2.39. The SMILES string of the molecule is O=C(NCCc1ccccc1)c1ccc([C@H]2SCC(=O)N2Cc2ccc(Cl)cc2)cc1. The molecule has 1 heterocycles. The van der Waals surface area contributed by atoms with Gasteiger partial charge in [-0.3, -0.25) is 9.59 Å². The molecule has 0 aliphatic carbocycles. The van der Waals surface area contributed by atoms with Crippen LogP contribution in [0.1, 0.15) is 32.4 Å². The first-order chi connectivity index (χ1) is 15.1. The van der Waals surface area contributed by atoms with Crippen LogP contribution in [0.25, 0.3) is 0 Å². The first-order valence-electron chi connectivity index (χ1n) is 10.2. The Morgan fingerprint density at radius 3 is 2.39 bits per heavy atom. The molecule has 1 saturated heterocycles. The molecule has 0 saturated carbocycles. The molecular formula is C25H23ClN2O2S. The Morgan fingerprint density at radius 1 is 0.968 bits per heavy atom. The van der Waals surface area contributed by atoms with E-state index in [1.807, 2.05) is 71.6 Å². The van der Waals surface area contributed by atoms with Gasteiger partial charge in [-0.1, -0.05) is 66.2 Å². The van der Waals surface area contributed by atoms with E-state index in [2.05, 4.69) is 17.4 Å². The molecule has 3 aromatic carbocycles. The Kier molecular flexibility index (Phi) is 6.95. The van der Waals surface area contributed by atoms with Gasteiger partial charge in [0.05, 0.1) is 5.75 Å². The normalized spacial score (nSPS) is 15.8. The summed E-state index contributed by atoms with van der Waals surface area (Å²) in [5, 5.41) is 3.59. The maximum Gasteiger partial charge on any atom is 0.251 e. The predicted molar refractivity (Wildman–Crippen MR) is 126 cm³/mol. The number of benzene rings is 3. The molecule has 4 rings (SSSR count). The van der Waals surface area contributed by atoms with E-state index >= 15 is 0 Å². The molecule has 1 fully saturated rings. The van der Waals surface area contributed by atoms with Crippen molar-refractivity contribution in [3.05, 3.63) is 106 Å². The molecular weight excluding hydrogens is 428 g/mol. The average Bonchev–Trinajstić information content (AvgIpc) is 3.16. The van der Waals surface area contributed by atoms with Crippen LogP contribution in [-0.2, 0) is 17.8 Å². The number of thioether (sulfide) groups is 1. The monoisotopic (exact) mass is 450 g/mol. The summed E-state index contributed by atoms with van der Waals surface area (Å²) in [5.74, 6) is 0.489. The zero-order valence-corrected chi connectivity index (χ0v) is 18.5. The van der Waals surface area contributed by atoms with Gasteiger partial charge in [-0.25, -0.2) is 0 Å². The molecule has 1 aliphatic rings. The van der Waals surface area contributed by atoms with Crippen molar-refractivity contribution in [1.82, 2.24) is 10.2 Å². The topological polar surface area (TPSA) is 49.4 Å². The molecule has 3 aromatic rings. The second kappa shape index (κ2) is 10.0. The van der Waals surface area contributed by atoms with Crippen molar-refractivity contribution in [3.63, 3.8) is 0 Å². The van der Waals surface area contributed by atoms with E-state index in [0.717, 1.165) is 17.5 Å². The number of carbonyl (C=O) groups excluding carboxylic acids is 2. The van der Waals surface area contributed by atoms with Crippen molar-refractivity contribution in [3.8, 4) is 0 Å². The zero-order chi connectivity index (χ0) is 21.6. The van der Waals surface area contributed by atoms with E-state index in [4.69, 9.17) is 11.6 Å². The highest BCUT2D eigenvalue weighted by atomic mass is 35.5. The Labute approximate surface area is 191 Å². The van der Waals surface area contributed by atoms with Crippen LogP contribution in [0.5, 0.6) is 0 Å². The number of amides is 2. The lowest BCUT2D eigenvalue weighted by Gasteiger charge is -2.24. The van der Waals surface area contributed by atoms with Gasteiger partial charge in [0.1, 0.15) is 5.37 Å². The predicted octanol–water partition coefficient (Wildman–Crippen LogP) is 5.09. The van der Waals surface area contributed by atoms with Gasteiger partial charge in [-0.15, -0.1) is 11.8 Å². The second-order valence-corrected chi connectivity index (χ2v) is 8.93. The molecule has 0 bridgehead atoms. The number of hydrogen-bond donors (Lipinski definition) is 1. The molecule has 158 valence electrons. The van der Waals surface area contributed by atoms with Crippen LogP contribution in [0.4, 0.5) is 0 Å². The van der Waals surface area contributed by atoms with Crippen molar-refractivity contribution < 1.29 is 9.59 Å². The number of halogens is 1. The number of rotatable bonds is 7. The van der Waals surface area contributed by atoms with E-state index in [1.165, 1.54) is 5.56 Å². The molecule has 1 atom stereocenters. The lowest BCUT2D eigenvalue weighted by molar-refractivity contribution is -0.128. The van der Waals surface area contributed by atoms with Gasteiger partial charge < -0.3 is 10.2 Å². The molecule has 0 unspecified atom stereocenters. The Bertz CT molecular complexity index is 1040. The summed E-state index contributed by atoms with van der Waals surface area (Å²) in [6, 6.07) is 25.2. The van der Waals surface area contributed by atoms with Crippen LogP contribution >= 0.6 is 23.4 Å². The Balaban J connectivity index is 1.37. The first kappa shape index (κ1) is 21.5. The number of nitrogens with one attached hydrogen (secondary N) is 1. The van der Waals surface area contributed by atoms with Crippen molar-refractivity contribution in [2.75, 3.05) is 12.3 Å². The van der Waals surface area contributed by atoms with Crippen molar-refractivity contribution in [2.24, 2.45) is 0 Å². The van der Waals surface area contributed by atoms with Gasteiger partial charge in [0.25, 0.3) is 5.91 Å². The van der Waals surface area contributed by atoms with Crippen LogP contribution in [0.3, 0.4) is 0 Å². The Hall–Kier alpha value is -2.76. The minimum Gasteiger partial charge on any atom is -0.352 e. The summed E-state index contributed by atoms with van der Waals surface area (Å²) < 4.78 is 0. The van der Waals surface area contributed by atoms with Crippen LogP contribution in [0, 0.1) is 0 Å². The molecule has 0 spiro atoms. The fourth-order valence-corrected chi connectivity index (χ4v) is 4.87. The fourth-order valence-electron chi connectivity index (χ4n) is 3.55. The number of nitrogens with zero attached hydrogens (tertiary/aromatic N) is 1. The number of hydrogen-bond acceptors (Lipinski definition) is 3. The smallest absolute Gasteiger partial charge is 0.251 e. The minimum absolute atomic E-state index is 0.0571. The average molecular weight is 451 g/mol. The molecule has 0 radical (unpaired) electrons. The molecule has 4 nitrogen and oxygen atoms in total. The summed E-state index contributed by atoms with van der Waals surface area (Å²) in [7, 11) is 0. The molecule has 6 heteroatoms. The summed E-state index contributed by atoms with van der Waals surface area (Å²) in [6.45, 7) is 1.13. The summed E-state index contributed by atoms with van der Waals surface area (Å²) in [5.41, 5.74) is 3.88. The molecule has 2 amide bonds. The third-order valence-corrected chi connectivity index (χ3v) is 6.74. The van der Waals surface area contributed by atoms with Crippen LogP contribution in [0.2, 0.25) is 5.02 Å². The largest absolute Gasteiger partial charge is 0.352 e. The number of carbonyl (C=O) groups is 2. The lowest BCUT2D eigenvalue weighted by Crippen LogP contribution is -2.28. The highest BCUT2D eigenvalue weighted by Gasteiger charge is 2.32. The summed E-state index contributed by atoms with van der Waals surface area (Å²) in [6.07, 6.45) is 0.797. The maximum absolute atomic E-state index is 12.5. The van der Waals surface area contributed by atoms with Crippen molar-refractivity contribution in [1.29, 1.82) is 0 Å². The standard InChI is InChI=1S/C25H23ClN2O2S/c26-22-12-6-19(7-13-22)16-28-23(29)17-31-25(28)21-10-8-20(9-11-21)24(30)27-15-14-18-4-2-1-3-5-18/h1-13,25H,14-17H2,(H,27,30)/t25-/m1/s1. The van der Waals surface area contributed by atoms with E-state index in [9.17, 15) is 9.59 Å². The van der Waals surface area contributed by atoms with Crippen LogP contribution < -0.4 is 5.32 Å².